The lowest BCUT2D eigenvalue weighted by atomic mass is 9.96. The van der Waals surface area contributed by atoms with E-state index >= 15 is 0 Å². The highest BCUT2D eigenvalue weighted by Crippen LogP contribution is 2.37. The monoisotopic (exact) mass is 567 g/mol. The molecule has 6 nitrogen and oxygen atoms in total. The van der Waals surface area contributed by atoms with Crippen LogP contribution in [0.5, 0.6) is 0 Å². The highest BCUT2D eigenvalue weighted by Gasteiger charge is 2.37. The van der Waals surface area contributed by atoms with Crippen LogP contribution in [-0.4, -0.2) is 43.8 Å². The fourth-order valence-corrected chi connectivity index (χ4v) is 4.82. The van der Waals surface area contributed by atoms with Gasteiger partial charge in [0.05, 0.1) is 36.6 Å². The first-order chi connectivity index (χ1) is 19.7. The molecule has 1 aliphatic rings. The van der Waals surface area contributed by atoms with Crippen LogP contribution in [0.25, 0.3) is 0 Å². The number of nitrogens with zero attached hydrogens (tertiary/aromatic N) is 5. The van der Waals surface area contributed by atoms with Crippen LogP contribution in [0.1, 0.15) is 34.0 Å². The molecule has 0 saturated carbocycles. The molecule has 4 aromatic rings. The van der Waals surface area contributed by atoms with Crippen molar-refractivity contribution < 1.29 is 26.7 Å². The van der Waals surface area contributed by atoms with Gasteiger partial charge in [-0.2, -0.15) is 13.2 Å². The maximum atomic E-state index is 13.9. The minimum Gasteiger partial charge on any atom is -0.327 e. The maximum Gasteiger partial charge on any atom is 0.416 e. The van der Waals surface area contributed by atoms with Crippen molar-refractivity contribution in [2.45, 2.75) is 31.9 Å². The Bertz CT molecular complexity index is 1520. The molecule has 1 unspecified atom stereocenters. The number of carbonyl (C=O) groups excluding carboxylic acids is 1. The summed E-state index contributed by atoms with van der Waals surface area (Å²) in [4.78, 5) is 16.9. The molecular formula is C30H26F5N5O. The number of rotatable bonds is 7. The molecule has 0 saturated heterocycles. The number of carbonyl (C=O) groups is 1. The minimum absolute atomic E-state index is 0.0119. The van der Waals surface area contributed by atoms with Crippen molar-refractivity contribution in [1.29, 1.82) is 0 Å². The van der Waals surface area contributed by atoms with E-state index in [2.05, 4.69) is 10.3 Å². The van der Waals surface area contributed by atoms with Gasteiger partial charge in [-0.3, -0.25) is 9.69 Å². The van der Waals surface area contributed by atoms with Crippen LogP contribution in [-0.2, 0) is 30.6 Å². The van der Waals surface area contributed by atoms with Gasteiger partial charge in [-0.15, -0.1) is 5.10 Å². The summed E-state index contributed by atoms with van der Waals surface area (Å²) in [5.74, 6) is -1.18. The van der Waals surface area contributed by atoms with Gasteiger partial charge in [0.15, 0.2) is 0 Å². The van der Waals surface area contributed by atoms with Gasteiger partial charge in [-0.1, -0.05) is 59.8 Å². The number of amides is 1. The van der Waals surface area contributed by atoms with Crippen molar-refractivity contribution in [2.24, 2.45) is 0 Å². The molecule has 41 heavy (non-hydrogen) atoms. The number of halogens is 5. The Hall–Kier alpha value is -4.38. The molecule has 2 heterocycles. The fourth-order valence-electron chi connectivity index (χ4n) is 4.82. The van der Waals surface area contributed by atoms with Gasteiger partial charge in [0, 0.05) is 19.6 Å². The molecular weight excluding hydrogens is 541 g/mol. The Balaban J connectivity index is 1.39. The smallest absolute Gasteiger partial charge is 0.327 e. The molecule has 1 amide bonds. The molecule has 0 radical (unpaired) electrons. The summed E-state index contributed by atoms with van der Waals surface area (Å²) in [6.45, 7) is 0.861. The van der Waals surface area contributed by atoms with Crippen LogP contribution < -0.4 is 0 Å². The van der Waals surface area contributed by atoms with E-state index in [1.165, 1.54) is 59.5 Å². The lowest BCUT2D eigenvalue weighted by Gasteiger charge is -2.35. The molecule has 212 valence electrons. The molecule has 0 aliphatic carbocycles. The number of benzene rings is 3. The van der Waals surface area contributed by atoms with Crippen molar-refractivity contribution in [3.63, 3.8) is 0 Å². The van der Waals surface area contributed by atoms with Crippen LogP contribution in [0.2, 0.25) is 0 Å². The van der Waals surface area contributed by atoms with E-state index in [0.717, 1.165) is 11.6 Å². The van der Waals surface area contributed by atoms with Gasteiger partial charge in [-0.25, -0.2) is 13.5 Å². The number of hydrogen-bond donors (Lipinski definition) is 0. The molecule has 0 fully saturated rings. The molecule has 1 aromatic heterocycles. The lowest BCUT2D eigenvalue weighted by Crippen LogP contribution is -2.43. The van der Waals surface area contributed by atoms with Crippen molar-refractivity contribution in [3.8, 4) is 0 Å². The molecule has 1 aliphatic heterocycles. The van der Waals surface area contributed by atoms with Gasteiger partial charge in [0.2, 0.25) is 5.91 Å². The number of hydrogen-bond acceptors (Lipinski definition) is 4. The minimum atomic E-state index is -4.61. The normalized spacial score (nSPS) is 17.3. The van der Waals surface area contributed by atoms with Gasteiger partial charge in [0.1, 0.15) is 11.6 Å². The lowest BCUT2D eigenvalue weighted by molar-refractivity contribution is -0.141. The van der Waals surface area contributed by atoms with Crippen molar-refractivity contribution >= 4 is 5.91 Å². The van der Waals surface area contributed by atoms with Crippen molar-refractivity contribution in [3.05, 3.63) is 131 Å². The van der Waals surface area contributed by atoms with Gasteiger partial charge < -0.3 is 4.90 Å². The summed E-state index contributed by atoms with van der Waals surface area (Å²) < 4.78 is 70.1. The molecule has 0 N–H and O–H groups in total. The Morgan fingerprint density at radius 3 is 2.12 bits per heavy atom. The van der Waals surface area contributed by atoms with Crippen LogP contribution >= 0.6 is 0 Å². The van der Waals surface area contributed by atoms with Gasteiger partial charge in [-0.05, 0) is 47.0 Å². The third-order valence-corrected chi connectivity index (χ3v) is 6.78. The number of alkyl halides is 3. The molecule has 3 aromatic carbocycles. The van der Waals surface area contributed by atoms with E-state index < -0.39 is 23.6 Å². The SMILES string of the molecule is O=C1CN(Cc2cn(Cc3ccc(F)cc3)nn2)C/C=C\C(c2ccccc2C(F)(F)F)N1Cc1ccc(F)cc1. The summed E-state index contributed by atoms with van der Waals surface area (Å²) >= 11 is 0. The van der Waals surface area contributed by atoms with Crippen molar-refractivity contribution in [2.75, 3.05) is 13.1 Å². The molecule has 11 heteroatoms. The van der Waals surface area contributed by atoms with E-state index in [0.29, 0.717) is 24.3 Å². The largest absolute Gasteiger partial charge is 0.416 e. The van der Waals surface area contributed by atoms with Crippen LogP contribution in [0.3, 0.4) is 0 Å². The Morgan fingerprint density at radius 2 is 1.46 bits per heavy atom. The summed E-state index contributed by atoms with van der Waals surface area (Å²) in [5, 5.41) is 8.31. The average molecular weight is 568 g/mol. The zero-order chi connectivity index (χ0) is 29.0. The third kappa shape index (κ3) is 7.04. The molecule has 0 bridgehead atoms. The first-order valence-electron chi connectivity index (χ1n) is 12.9. The molecule has 5 rings (SSSR count). The second kappa shape index (κ2) is 12.0. The standard InChI is InChI=1S/C30H26F5N5O/c31-23-11-7-21(8-12-23)16-39-19-25(36-37-39)18-38-15-3-6-28(26-4-1-2-5-27(26)30(33,34)35)40(29(41)20-38)17-22-9-13-24(32)14-10-22/h1-14,19,28H,15-18,20H2/b6-3-. The van der Waals surface area contributed by atoms with Crippen LogP contribution in [0.15, 0.2) is 91.1 Å². The van der Waals surface area contributed by atoms with E-state index in [4.69, 9.17) is 0 Å². The third-order valence-electron chi connectivity index (χ3n) is 6.78. The van der Waals surface area contributed by atoms with E-state index in [1.54, 1.807) is 35.2 Å². The summed E-state index contributed by atoms with van der Waals surface area (Å²) in [6, 6.07) is 15.8. The van der Waals surface area contributed by atoms with Crippen LogP contribution in [0.4, 0.5) is 22.0 Å². The Morgan fingerprint density at radius 1 is 0.829 bits per heavy atom. The first-order valence-corrected chi connectivity index (χ1v) is 12.9. The first kappa shape index (κ1) is 28.2. The second-order valence-electron chi connectivity index (χ2n) is 9.81. The second-order valence-corrected chi connectivity index (χ2v) is 9.81. The molecule has 0 spiro atoms. The van der Waals surface area contributed by atoms with E-state index in [9.17, 15) is 26.7 Å². The predicted octanol–water partition coefficient (Wildman–Crippen LogP) is 5.77. The Labute approximate surface area is 233 Å². The van der Waals surface area contributed by atoms with Crippen LogP contribution in [0, 0.1) is 11.6 Å². The van der Waals surface area contributed by atoms with E-state index in [1.807, 2.05) is 4.90 Å². The summed E-state index contributed by atoms with van der Waals surface area (Å²) in [5.41, 5.74) is 1.16. The molecule has 1 atom stereocenters. The predicted molar refractivity (Wildman–Crippen MR) is 141 cm³/mol. The number of aromatic nitrogens is 3. The van der Waals surface area contributed by atoms with Crippen molar-refractivity contribution in [1.82, 2.24) is 24.8 Å². The maximum absolute atomic E-state index is 13.9. The summed E-state index contributed by atoms with van der Waals surface area (Å²) in [6.07, 6.45) is 0.465. The quantitative estimate of drug-likeness (QED) is 0.210. The average Bonchev–Trinajstić information content (AvgIpc) is 3.37. The zero-order valence-corrected chi connectivity index (χ0v) is 21.8. The van der Waals surface area contributed by atoms with Gasteiger partial charge >= 0.3 is 6.18 Å². The fraction of sp³-hybridized carbons (Fsp3) is 0.233. The topological polar surface area (TPSA) is 54.3 Å². The highest BCUT2D eigenvalue weighted by molar-refractivity contribution is 5.79. The van der Waals surface area contributed by atoms with E-state index in [-0.39, 0.29) is 36.9 Å². The highest BCUT2D eigenvalue weighted by atomic mass is 19.4. The zero-order valence-electron chi connectivity index (χ0n) is 21.8. The summed E-state index contributed by atoms with van der Waals surface area (Å²) in [7, 11) is 0. The Kier molecular flexibility index (Phi) is 8.25. The van der Waals surface area contributed by atoms with Gasteiger partial charge in [0.25, 0.3) is 0 Å².